The average Bonchev–Trinajstić information content (AvgIpc) is 3.17. The Labute approximate surface area is 152 Å². The van der Waals surface area contributed by atoms with Crippen molar-refractivity contribution in [2.45, 2.75) is 39.0 Å². The van der Waals surface area contributed by atoms with Gasteiger partial charge in [-0.05, 0) is 32.9 Å². The van der Waals surface area contributed by atoms with Crippen LogP contribution < -0.4 is 11.1 Å². The molecule has 0 aromatic carbocycles. The van der Waals surface area contributed by atoms with Gasteiger partial charge >= 0.3 is 6.09 Å². The van der Waals surface area contributed by atoms with E-state index in [-0.39, 0.29) is 17.9 Å². The minimum Gasteiger partial charge on any atom is -0.454 e. The molecule has 3 heterocycles. The third-order valence-corrected chi connectivity index (χ3v) is 4.18. The molecule has 1 unspecified atom stereocenters. The second-order valence-electron chi connectivity index (χ2n) is 7.42. The Balaban J connectivity index is 1.52. The smallest absolute Gasteiger partial charge is 0.410 e. The third kappa shape index (κ3) is 4.09. The number of nitrogens with zero attached hydrogens (tertiary/aromatic N) is 3. The van der Waals surface area contributed by atoms with E-state index in [9.17, 15) is 9.59 Å². The Kier molecular flexibility index (Phi) is 4.80. The van der Waals surface area contributed by atoms with Crippen molar-refractivity contribution in [1.82, 2.24) is 15.1 Å². The molecular formula is C17H25N5O4. The maximum Gasteiger partial charge on any atom is 0.410 e. The molecule has 1 atom stereocenters. The zero-order valence-corrected chi connectivity index (χ0v) is 15.3. The molecule has 9 nitrogen and oxygen atoms in total. The number of furan rings is 1. The highest BCUT2D eigenvalue weighted by atomic mass is 16.6. The summed E-state index contributed by atoms with van der Waals surface area (Å²) in [5.74, 6) is 0.931. The Bertz CT molecular complexity index is 721. The summed E-state index contributed by atoms with van der Waals surface area (Å²) < 4.78 is 10.8. The number of piperazine rings is 1. The zero-order chi connectivity index (χ0) is 18.9. The van der Waals surface area contributed by atoms with Crippen molar-refractivity contribution >= 4 is 18.0 Å². The molecule has 1 fully saturated rings. The van der Waals surface area contributed by atoms with Crippen molar-refractivity contribution in [1.29, 1.82) is 0 Å². The lowest BCUT2D eigenvalue weighted by Gasteiger charge is -2.39. The number of nitrogens with two attached hydrogens (primary N) is 1. The summed E-state index contributed by atoms with van der Waals surface area (Å²) in [6.45, 7) is 8.45. The summed E-state index contributed by atoms with van der Waals surface area (Å²) in [4.78, 5) is 31.7. The second-order valence-corrected chi connectivity index (χ2v) is 7.42. The SMILES string of the molecule is CC(C)(C)OC(=O)N1CCN2C(NCc3ccc(C(N)=O)o3)=NCC2C1. The first-order valence-electron chi connectivity index (χ1n) is 8.64. The number of guanidine groups is 1. The number of fused-ring (bicyclic) bond motifs is 1. The number of carbonyl (C=O) groups is 2. The highest BCUT2D eigenvalue weighted by Gasteiger charge is 2.36. The van der Waals surface area contributed by atoms with Crippen molar-refractivity contribution in [3.63, 3.8) is 0 Å². The molecule has 142 valence electrons. The van der Waals surface area contributed by atoms with Crippen molar-refractivity contribution in [2.75, 3.05) is 26.2 Å². The molecule has 0 saturated carbocycles. The van der Waals surface area contributed by atoms with Crippen LogP contribution in [-0.4, -0.2) is 65.6 Å². The Morgan fingerprint density at radius 2 is 2.15 bits per heavy atom. The monoisotopic (exact) mass is 363 g/mol. The van der Waals surface area contributed by atoms with Crippen LogP contribution in [0.2, 0.25) is 0 Å². The van der Waals surface area contributed by atoms with Crippen molar-refractivity contribution in [3.05, 3.63) is 23.7 Å². The van der Waals surface area contributed by atoms with Gasteiger partial charge in [0, 0.05) is 19.6 Å². The van der Waals surface area contributed by atoms with Gasteiger partial charge in [0.1, 0.15) is 11.4 Å². The van der Waals surface area contributed by atoms with Gasteiger partial charge in [0.2, 0.25) is 0 Å². The lowest BCUT2D eigenvalue weighted by Crippen LogP contribution is -2.57. The number of amides is 2. The lowest BCUT2D eigenvalue weighted by molar-refractivity contribution is 0.0137. The van der Waals surface area contributed by atoms with Crippen LogP contribution in [0.5, 0.6) is 0 Å². The molecule has 0 spiro atoms. The van der Waals surface area contributed by atoms with Crippen molar-refractivity contribution < 1.29 is 18.7 Å². The summed E-state index contributed by atoms with van der Waals surface area (Å²) in [6.07, 6.45) is -0.284. The highest BCUT2D eigenvalue weighted by molar-refractivity contribution is 5.89. The van der Waals surface area contributed by atoms with Crippen molar-refractivity contribution in [2.24, 2.45) is 10.7 Å². The first-order chi connectivity index (χ1) is 12.2. The van der Waals surface area contributed by atoms with E-state index in [4.69, 9.17) is 14.9 Å². The molecule has 2 amide bonds. The Hall–Kier alpha value is -2.71. The fourth-order valence-corrected chi connectivity index (χ4v) is 2.99. The molecule has 1 aromatic heterocycles. The number of nitrogens with one attached hydrogen (secondary N) is 1. The van der Waals surface area contributed by atoms with Gasteiger partial charge in [-0.3, -0.25) is 9.79 Å². The second kappa shape index (κ2) is 6.89. The lowest BCUT2D eigenvalue weighted by atomic mass is 10.2. The van der Waals surface area contributed by atoms with Crippen LogP contribution in [0.4, 0.5) is 4.79 Å². The van der Waals surface area contributed by atoms with E-state index in [1.807, 2.05) is 20.8 Å². The van der Waals surface area contributed by atoms with E-state index in [0.717, 1.165) is 5.96 Å². The molecule has 0 aliphatic carbocycles. The van der Waals surface area contributed by atoms with Crippen molar-refractivity contribution in [3.8, 4) is 0 Å². The van der Waals surface area contributed by atoms with E-state index in [2.05, 4.69) is 15.2 Å². The van der Waals surface area contributed by atoms with E-state index >= 15 is 0 Å². The number of hydrogen-bond acceptors (Lipinski definition) is 7. The number of rotatable bonds is 3. The van der Waals surface area contributed by atoms with E-state index in [1.54, 1.807) is 17.0 Å². The number of ether oxygens (including phenoxy) is 1. The van der Waals surface area contributed by atoms with Gasteiger partial charge in [-0.1, -0.05) is 0 Å². The van der Waals surface area contributed by atoms with Gasteiger partial charge < -0.3 is 30.0 Å². The normalized spacial score (nSPS) is 19.8. The summed E-state index contributed by atoms with van der Waals surface area (Å²) in [5, 5.41) is 3.23. The molecule has 3 N–H and O–H groups in total. The highest BCUT2D eigenvalue weighted by Crippen LogP contribution is 2.19. The third-order valence-electron chi connectivity index (χ3n) is 4.18. The quantitative estimate of drug-likeness (QED) is 0.820. The predicted octanol–water partition coefficient (Wildman–Crippen LogP) is 0.759. The maximum absolute atomic E-state index is 12.2. The molecule has 2 aliphatic heterocycles. The predicted molar refractivity (Wildman–Crippen MR) is 94.7 cm³/mol. The largest absolute Gasteiger partial charge is 0.454 e. The van der Waals surface area contributed by atoms with Gasteiger partial charge in [0.25, 0.3) is 5.91 Å². The number of hydrogen-bond donors (Lipinski definition) is 2. The van der Waals surface area contributed by atoms with E-state index in [0.29, 0.717) is 38.5 Å². The first-order valence-corrected chi connectivity index (χ1v) is 8.64. The summed E-state index contributed by atoms with van der Waals surface area (Å²) >= 11 is 0. The molecule has 1 aromatic rings. The number of aliphatic imine (C=N–C) groups is 1. The van der Waals surface area contributed by atoms with E-state index in [1.165, 1.54) is 0 Å². The minimum atomic E-state index is -0.590. The summed E-state index contributed by atoms with van der Waals surface area (Å²) in [7, 11) is 0. The van der Waals surface area contributed by atoms with Crippen LogP contribution >= 0.6 is 0 Å². The van der Waals surface area contributed by atoms with Gasteiger partial charge in [0.15, 0.2) is 11.7 Å². The molecule has 3 rings (SSSR count). The van der Waals surface area contributed by atoms with E-state index < -0.39 is 11.5 Å². The van der Waals surface area contributed by atoms with Crippen LogP contribution in [0.1, 0.15) is 37.1 Å². The van der Waals surface area contributed by atoms with Gasteiger partial charge in [-0.2, -0.15) is 0 Å². The first kappa shape index (κ1) is 18.1. The molecule has 1 saturated heterocycles. The van der Waals surface area contributed by atoms with Crippen LogP contribution in [0.25, 0.3) is 0 Å². The van der Waals surface area contributed by atoms with Crippen LogP contribution in [0, 0.1) is 0 Å². The van der Waals surface area contributed by atoms with Crippen LogP contribution in [-0.2, 0) is 11.3 Å². The number of carbonyl (C=O) groups excluding carboxylic acids is 2. The molecular weight excluding hydrogens is 338 g/mol. The fraction of sp³-hybridized carbons (Fsp3) is 0.588. The Morgan fingerprint density at radius 3 is 2.81 bits per heavy atom. The Morgan fingerprint density at radius 1 is 1.38 bits per heavy atom. The standard InChI is InChI=1S/C17H25N5O4/c1-17(2,3)26-16(24)21-6-7-22-11(10-21)8-19-15(22)20-9-12-4-5-13(25-12)14(18)23/h4-5,11H,6-10H2,1-3H3,(H2,18,23)(H,19,20). The van der Waals surface area contributed by atoms with Gasteiger partial charge in [-0.25, -0.2) is 4.79 Å². The van der Waals surface area contributed by atoms with Gasteiger partial charge in [0.05, 0.1) is 19.1 Å². The molecule has 0 bridgehead atoms. The molecule has 9 heteroatoms. The fourth-order valence-electron chi connectivity index (χ4n) is 2.99. The zero-order valence-electron chi connectivity index (χ0n) is 15.3. The maximum atomic E-state index is 12.2. The minimum absolute atomic E-state index is 0.136. The molecule has 0 radical (unpaired) electrons. The summed E-state index contributed by atoms with van der Waals surface area (Å²) in [5.41, 5.74) is 4.68. The van der Waals surface area contributed by atoms with Crippen LogP contribution in [0.15, 0.2) is 21.5 Å². The van der Waals surface area contributed by atoms with Crippen LogP contribution in [0.3, 0.4) is 0 Å². The van der Waals surface area contributed by atoms with Gasteiger partial charge in [-0.15, -0.1) is 0 Å². The molecule has 26 heavy (non-hydrogen) atoms. The average molecular weight is 363 g/mol. The number of primary amides is 1. The molecule has 2 aliphatic rings. The topological polar surface area (TPSA) is 113 Å². The summed E-state index contributed by atoms with van der Waals surface area (Å²) in [6, 6.07) is 3.40.